The highest BCUT2D eigenvalue weighted by atomic mass is 15.2. The summed E-state index contributed by atoms with van der Waals surface area (Å²) in [5.74, 6) is 1.83. The zero-order chi connectivity index (χ0) is 19.7. The Morgan fingerprint density at radius 2 is 1.93 bits per heavy atom. The first-order valence-corrected chi connectivity index (χ1v) is 10.4. The van der Waals surface area contributed by atoms with Crippen LogP contribution in [0.5, 0.6) is 0 Å². The lowest BCUT2D eigenvalue weighted by atomic mass is 9.98. The second-order valence-electron chi connectivity index (χ2n) is 8.22. The van der Waals surface area contributed by atoms with Crippen molar-refractivity contribution in [3.63, 3.8) is 0 Å². The molecule has 0 spiro atoms. The third kappa shape index (κ3) is 3.76. The van der Waals surface area contributed by atoms with E-state index in [1.807, 2.05) is 24.1 Å². The zero-order valence-corrected chi connectivity index (χ0v) is 17.5. The van der Waals surface area contributed by atoms with Crippen molar-refractivity contribution >= 4 is 22.5 Å². The Balaban J connectivity index is 1.57. The van der Waals surface area contributed by atoms with Gasteiger partial charge in [-0.05, 0) is 55.5 Å². The van der Waals surface area contributed by atoms with E-state index in [1.54, 1.807) is 0 Å². The number of pyridine rings is 1. The molecule has 0 unspecified atom stereocenters. The second-order valence-corrected chi connectivity index (χ2v) is 8.22. The van der Waals surface area contributed by atoms with Crippen molar-refractivity contribution in [2.75, 3.05) is 25.0 Å². The van der Waals surface area contributed by atoms with Crippen molar-refractivity contribution in [2.45, 2.75) is 39.7 Å². The van der Waals surface area contributed by atoms with Crippen molar-refractivity contribution in [1.29, 1.82) is 0 Å². The van der Waals surface area contributed by atoms with Crippen LogP contribution in [-0.4, -0.2) is 39.6 Å². The second kappa shape index (κ2) is 7.92. The number of anilines is 2. The average Bonchev–Trinajstić information content (AvgIpc) is 3.09. The van der Waals surface area contributed by atoms with E-state index in [1.165, 1.54) is 42.7 Å². The summed E-state index contributed by atoms with van der Waals surface area (Å²) < 4.78 is 2.04. The van der Waals surface area contributed by atoms with E-state index in [2.05, 4.69) is 64.9 Å². The number of benzene rings is 1. The van der Waals surface area contributed by atoms with E-state index >= 15 is 0 Å². The van der Waals surface area contributed by atoms with E-state index in [0.29, 0.717) is 0 Å². The third-order valence-corrected chi connectivity index (χ3v) is 6.11. The Bertz CT molecular complexity index is 953. The van der Waals surface area contributed by atoms with Crippen molar-refractivity contribution in [1.82, 2.24) is 19.4 Å². The fraction of sp³-hybridized carbons (Fsp3) is 0.478. The highest BCUT2D eigenvalue weighted by Crippen LogP contribution is 2.29. The van der Waals surface area contributed by atoms with Crippen LogP contribution in [0.1, 0.15) is 37.8 Å². The number of rotatable bonds is 5. The lowest BCUT2D eigenvalue weighted by Gasteiger charge is -2.30. The van der Waals surface area contributed by atoms with Gasteiger partial charge in [-0.1, -0.05) is 26.0 Å². The molecule has 1 saturated heterocycles. The van der Waals surface area contributed by atoms with Crippen LogP contribution in [0.2, 0.25) is 0 Å². The van der Waals surface area contributed by atoms with Gasteiger partial charge in [-0.25, -0.2) is 9.97 Å². The first kappa shape index (κ1) is 18.9. The quantitative estimate of drug-likeness (QED) is 0.655. The van der Waals surface area contributed by atoms with Gasteiger partial charge in [-0.2, -0.15) is 0 Å². The fourth-order valence-electron chi connectivity index (χ4n) is 4.15. The highest BCUT2D eigenvalue weighted by Gasteiger charge is 2.17. The van der Waals surface area contributed by atoms with Gasteiger partial charge in [0.2, 0.25) is 0 Å². The van der Waals surface area contributed by atoms with Crippen molar-refractivity contribution in [3.05, 3.63) is 47.9 Å². The summed E-state index contributed by atoms with van der Waals surface area (Å²) >= 11 is 0. The average molecular weight is 378 g/mol. The molecule has 0 bridgehead atoms. The van der Waals surface area contributed by atoms with Crippen molar-refractivity contribution in [3.8, 4) is 0 Å². The lowest BCUT2D eigenvalue weighted by molar-refractivity contribution is 0.185. The monoisotopic (exact) mass is 377 g/mol. The molecule has 1 aliphatic heterocycles. The molecule has 0 radical (unpaired) electrons. The minimum Gasteiger partial charge on any atom is -0.334 e. The summed E-state index contributed by atoms with van der Waals surface area (Å²) in [7, 11) is 4.12. The molecule has 1 aromatic carbocycles. The van der Waals surface area contributed by atoms with Crippen LogP contribution in [0.3, 0.4) is 0 Å². The molecule has 4 rings (SSSR count). The minimum atomic E-state index is 0.878. The number of hydrogen-bond donors (Lipinski definition) is 0. The maximum absolute atomic E-state index is 4.64. The van der Waals surface area contributed by atoms with Gasteiger partial charge in [0.1, 0.15) is 11.3 Å². The molecule has 1 aliphatic rings. The summed E-state index contributed by atoms with van der Waals surface area (Å²) in [6, 6.07) is 9.04. The standard InChI is InChI=1S/C23H31N5/c1-5-19-12-18(15-28-10-8-17(2)9-11-28)6-7-21(19)27(4)23-13-22-20(14-24-23)25-16-26(22)3/h6-7,12-14,16-17H,5,8-11,15H2,1-4H3. The van der Waals surface area contributed by atoms with Crippen LogP contribution in [0.4, 0.5) is 11.5 Å². The molecule has 5 heteroatoms. The minimum absolute atomic E-state index is 0.878. The van der Waals surface area contributed by atoms with Crippen LogP contribution < -0.4 is 4.90 Å². The summed E-state index contributed by atoms with van der Waals surface area (Å²) in [5.41, 5.74) is 6.05. The van der Waals surface area contributed by atoms with Crippen molar-refractivity contribution in [2.24, 2.45) is 13.0 Å². The number of piperidine rings is 1. The Labute approximate surface area is 168 Å². The SMILES string of the molecule is CCc1cc(CN2CCC(C)CC2)ccc1N(C)c1cc2c(cn1)ncn2C. The molecule has 28 heavy (non-hydrogen) atoms. The van der Waals surface area contributed by atoms with Gasteiger partial charge < -0.3 is 9.47 Å². The molecule has 0 amide bonds. The topological polar surface area (TPSA) is 37.2 Å². The van der Waals surface area contributed by atoms with E-state index in [4.69, 9.17) is 0 Å². The molecule has 0 atom stereocenters. The highest BCUT2D eigenvalue weighted by molar-refractivity contribution is 5.79. The van der Waals surface area contributed by atoms with Gasteiger partial charge in [0.25, 0.3) is 0 Å². The maximum atomic E-state index is 4.64. The zero-order valence-electron chi connectivity index (χ0n) is 17.5. The normalized spacial score (nSPS) is 16.0. The summed E-state index contributed by atoms with van der Waals surface area (Å²) in [4.78, 5) is 13.8. The number of likely N-dealkylation sites (tertiary alicyclic amines) is 1. The van der Waals surface area contributed by atoms with Gasteiger partial charge in [0, 0.05) is 32.4 Å². The number of hydrogen-bond acceptors (Lipinski definition) is 4. The molecule has 0 aliphatic carbocycles. The van der Waals surface area contributed by atoms with Crippen LogP contribution in [0.15, 0.2) is 36.8 Å². The van der Waals surface area contributed by atoms with E-state index in [-0.39, 0.29) is 0 Å². The van der Waals surface area contributed by atoms with Gasteiger partial charge in [0.15, 0.2) is 0 Å². The Hall–Kier alpha value is -2.40. The smallest absolute Gasteiger partial charge is 0.134 e. The van der Waals surface area contributed by atoms with Gasteiger partial charge in [-0.15, -0.1) is 0 Å². The number of nitrogens with zero attached hydrogens (tertiary/aromatic N) is 5. The van der Waals surface area contributed by atoms with Gasteiger partial charge in [0.05, 0.1) is 18.0 Å². The summed E-state index contributed by atoms with van der Waals surface area (Å²) in [6.45, 7) is 8.10. The Morgan fingerprint density at radius 3 is 2.68 bits per heavy atom. The van der Waals surface area contributed by atoms with Crippen LogP contribution in [0.25, 0.3) is 11.0 Å². The number of aryl methyl sites for hydroxylation is 2. The largest absolute Gasteiger partial charge is 0.334 e. The number of fused-ring (bicyclic) bond motifs is 1. The molecule has 5 nitrogen and oxygen atoms in total. The maximum Gasteiger partial charge on any atom is 0.134 e. The van der Waals surface area contributed by atoms with Gasteiger partial charge >= 0.3 is 0 Å². The van der Waals surface area contributed by atoms with E-state index < -0.39 is 0 Å². The van der Waals surface area contributed by atoms with Crippen LogP contribution in [0, 0.1) is 5.92 Å². The van der Waals surface area contributed by atoms with Gasteiger partial charge in [-0.3, -0.25) is 4.90 Å². The molecule has 0 saturated carbocycles. The molecule has 148 valence electrons. The molecule has 0 N–H and O–H groups in total. The Kier molecular flexibility index (Phi) is 5.36. The first-order valence-electron chi connectivity index (χ1n) is 10.4. The number of aromatic nitrogens is 3. The predicted octanol–water partition coefficient (Wildman–Crippen LogP) is 4.53. The van der Waals surface area contributed by atoms with Crippen LogP contribution >= 0.6 is 0 Å². The molecule has 3 aromatic rings. The molecule has 2 aromatic heterocycles. The first-order chi connectivity index (χ1) is 13.5. The lowest BCUT2D eigenvalue weighted by Crippen LogP contribution is -2.32. The summed E-state index contributed by atoms with van der Waals surface area (Å²) in [6.07, 6.45) is 7.36. The third-order valence-electron chi connectivity index (χ3n) is 6.11. The van der Waals surface area contributed by atoms with E-state index in [0.717, 1.165) is 35.7 Å². The summed E-state index contributed by atoms with van der Waals surface area (Å²) in [5, 5.41) is 0. The Morgan fingerprint density at radius 1 is 1.14 bits per heavy atom. The van der Waals surface area contributed by atoms with Crippen molar-refractivity contribution < 1.29 is 0 Å². The predicted molar refractivity (Wildman–Crippen MR) is 116 cm³/mol. The number of imidazole rings is 1. The molecular formula is C23H31N5. The van der Waals surface area contributed by atoms with Crippen LogP contribution in [-0.2, 0) is 20.0 Å². The fourth-order valence-corrected chi connectivity index (χ4v) is 4.15. The molecule has 1 fully saturated rings. The molecular weight excluding hydrogens is 346 g/mol. The van der Waals surface area contributed by atoms with E-state index in [9.17, 15) is 0 Å². The molecule has 3 heterocycles.